The lowest BCUT2D eigenvalue weighted by molar-refractivity contribution is 0.414. The molecule has 5 heteroatoms. The van der Waals surface area contributed by atoms with E-state index < -0.39 is 0 Å². The summed E-state index contributed by atoms with van der Waals surface area (Å²) >= 11 is 0. The van der Waals surface area contributed by atoms with Crippen molar-refractivity contribution in [3.8, 4) is 34.0 Å². The molecule has 0 atom stereocenters. The molecule has 2 aromatic carbocycles. The van der Waals surface area contributed by atoms with Crippen LogP contribution < -0.4 is 4.74 Å². The van der Waals surface area contributed by atoms with Gasteiger partial charge in [-0.05, 0) is 66.7 Å². The van der Waals surface area contributed by atoms with E-state index in [0.29, 0.717) is 0 Å². The molecule has 0 saturated carbocycles. The van der Waals surface area contributed by atoms with Crippen molar-refractivity contribution in [2.24, 2.45) is 0 Å². The Balaban J connectivity index is 1.86. The molecular weight excluding hydrogens is 329 g/mol. The van der Waals surface area contributed by atoms with Gasteiger partial charge in [0, 0.05) is 23.5 Å². The van der Waals surface area contributed by atoms with Crippen molar-refractivity contribution in [3.63, 3.8) is 0 Å². The van der Waals surface area contributed by atoms with Crippen LogP contribution in [-0.4, -0.2) is 21.9 Å². The van der Waals surface area contributed by atoms with Crippen LogP contribution in [0, 0.1) is 5.82 Å². The van der Waals surface area contributed by atoms with Gasteiger partial charge in [0.25, 0.3) is 0 Å². The van der Waals surface area contributed by atoms with E-state index >= 15 is 0 Å². The van der Waals surface area contributed by atoms with E-state index in [9.17, 15) is 4.39 Å². The van der Waals surface area contributed by atoms with Crippen molar-refractivity contribution < 1.29 is 9.13 Å². The monoisotopic (exact) mass is 345 g/mol. The van der Waals surface area contributed by atoms with E-state index in [4.69, 9.17) is 9.84 Å². The molecule has 0 aliphatic heterocycles. The first-order chi connectivity index (χ1) is 12.7. The summed E-state index contributed by atoms with van der Waals surface area (Å²) in [7, 11) is 1.64. The Morgan fingerprint density at radius 1 is 0.923 bits per heavy atom. The third-order valence-electron chi connectivity index (χ3n) is 4.12. The maximum atomic E-state index is 13.2. The van der Waals surface area contributed by atoms with E-state index in [1.807, 2.05) is 47.1 Å². The highest BCUT2D eigenvalue weighted by atomic mass is 19.1. The zero-order valence-electron chi connectivity index (χ0n) is 14.1. The number of aromatic nitrogens is 3. The number of benzene rings is 2. The molecule has 2 aromatic heterocycles. The van der Waals surface area contributed by atoms with E-state index in [2.05, 4.69) is 4.98 Å². The Kier molecular flexibility index (Phi) is 4.19. The summed E-state index contributed by atoms with van der Waals surface area (Å²) in [6.45, 7) is 0. The molecule has 0 aliphatic carbocycles. The SMILES string of the molecule is COc1ccc(-n2nc(-c3ccc(F)cc3)cc2-c2cccnc2)cc1. The van der Waals surface area contributed by atoms with E-state index in [1.54, 1.807) is 31.6 Å². The van der Waals surface area contributed by atoms with Gasteiger partial charge in [0.1, 0.15) is 11.6 Å². The number of halogens is 1. The summed E-state index contributed by atoms with van der Waals surface area (Å²) in [6.07, 6.45) is 3.53. The van der Waals surface area contributed by atoms with Crippen LogP contribution in [0.25, 0.3) is 28.2 Å². The number of rotatable bonds is 4. The molecule has 4 rings (SSSR count). The number of ether oxygens (including phenoxy) is 1. The second kappa shape index (κ2) is 6.80. The van der Waals surface area contributed by atoms with Gasteiger partial charge in [0.15, 0.2) is 0 Å². The first-order valence-corrected chi connectivity index (χ1v) is 8.15. The van der Waals surface area contributed by atoms with Gasteiger partial charge in [0.05, 0.1) is 24.2 Å². The largest absolute Gasteiger partial charge is 0.497 e. The number of methoxy groups -OCH3 is 1. The second-order valence-corrected chi connectivity index (χ2v) is 5.77. The Morgan fingerprint density at radius 2 is 1.69 bits per heavy atom. The molecule has 4 nitrogen and oxygen atoms in total. The quantitative estimate of drug-likeness (QED) is 0.536. The first kappa shape index (κ1) is 16.0. The van der Waals surface area contributed by atoms with Crippen LogP contribution in [0.5, 0.6) is 5.75 Å². The summed E-state index contributed by atoms with van der Waals surface area (Å²) in [5.41, 5.74) is 4.37. The van der Waals surface area contributed by atoms with Crippen LogP contribution in [0.15, 0.2) is 79.1 Å². The minimum absolute atomic E-state index is 0.268. The fourth-order valence-corrected chi connectivity index (χ4v) is 2.78. The predicted molar refractivity (Wildman–Crippen MR) is 98.7 cm³/mol. The summed E-state index contributed by atoms with van der Waals surface area (Å²) in [5.74, 6) is 0.512. The van der Waals surface area contributed by atoms with Crippen LogP contribution in [0.3, 0.4) is 0 Å². The number of nitrogens with zero attached hydrogens (tertiary/aromatic N) is 3. The topological polar surface area (TPSA) is 39.9 Å². The molecule has 0 amide bonds. The Morgan fingerprint density at radius 3 is 2.35 bits per heavy atom. The van der Waals surface area contributed by atoms with Gasteiger partial charge in [-0.3, -0.25) is 4.98 Å². The molecule has 0 unspecified atom stereocenters. The second-order valence-electron chi connectivity index (χ2n) is 5.77. The maximum absolute atomic E-state index is 13.2. The van der Waals surface area contributed by atoms with Crippen LogP contribution in [-0.2, 0) is 0 Å². The first-order valence-electron chi connectivity index (χ1n) is 8.15. The van der Waals surface area contributed by atoms with E-state index in [1.165, 1.54) is 12.1 Å². The molecule has 0 saturated heterocycles. The van der Waals surface area contributed by atoms with Gasteiger partial charge in [0.2, 0.25) is 0 Å². The zero-order valence-corrected chi connectivity index (χ0v) is 14.1. The fourth-order valence-electron chi connectivity index (χ4n) is 2.78. The van der Waals surface area contributed by atoms with Crippen molar-refractivity contribution >= 4 is 0 Å². The number of hydrogen-bond donors (Lipinski definition) is 0. The molecular formula is C21H16FN3O. The number of pyridine rings is 1. The van der Waals surface area contributed by atoms with Crippen LogP contribution in [0.4, 0.5) is 4.39 Å². The molecule has 128 valence electrons. The van der Waals surface area contributed by atoms with E-state index in [-0.39, 0.29) is 5.82 Å². The molecule has 0 fully saturated rings. The summed E-state index contributed by atoms with van der Waals surface area (Å²) in [5, 5.41) is 4.74. The average molecular weight is 345 g/mol. The highest BCUT2D eigenvalue weighted by Gasteiger charge is 2.13. The van der Waals surface area contributed by atoms with Gasteiger partial charge in [-0.15, -0.1) is 0 Å². The summed E-state index contributed by atoms with van der Waals surface area (Å²) < 4.78 is 20.3. The molecule has 0 N–H and O–H groups in total. The van der Waals surface area contributed by atoms with Gasteiger partial charge in [-0.25, -0.2) is 9.07 Å². The van der Waals surface area contributed by atoms with Crippen molar-refractivity contribution in [2.45, 2.75) is 0 Å². The number of hydrogen-bond acceptors (Lipinski definition) is 3. The van der Waals surface area contributed by atoms with Crippen LogP contribution >= 0.6 is 0 Å². The molecule has 0 radical (unpaired) electrons. The van der Waals surface area contributed by atoms with Crippen LogP contribution in [0.1, 0.15) is 0 Å². The molecule has 0 aliphatic rings. The molecule has 26 heavy (non-hydrogen) atoms. The van der Waals surface area contributed by atoms with Gasteiger partial charge in [-0.2, -0.15) is 5.10 Å². The predicted octanol–water partition coefficient (Wildman–Crippen LogP) is 4.75. The molecule has 0 bridgehead atoms. The van der Waals surface area contributed by atoms with Crippen molar-refractivity contribution in [1.82, 2.24) is 14.8 Å². The maximum Gasteiger partial charge on any atom is 0.123 e. The molecule has 4 aromatic rings. The Labute approximate surface area is 150 Å². The lowest BCUT2D eigenvalue weighted by Crippen LogP contribution is -1.99. The highest BCUT2D eigenvalue weighted by Crippen LogP contribution is 2.29. The van der Waals surface area contributed by atoms with Crippen LogP contribution in [0.2, 0.25) is 0 Å². The van der Waals surface area contributed by atoms with Gasteiger partial charge >= 0.3 is 0 Å². The Hall–Kier alpha value is -3.47. The summed E-state index contributed by atoms with van der Waals surface area (Å²) in [4.78, 5) is 4.21. The van der Waals surface area contributed by atoms with Gasteiger partial charge < -0.3 is 4.74 Å². The average Bonchev–Trinajstić information content (AvgIpc) is 3.15. The highest BCUT2D eigenvalue weighted by molar-refractivity contribution is 5.70. The standard InChI is InChI=1S/C21H16FN3O/c1-26-19-10-8-18(9-11-19)25-21(16-3-2-12-23-14-16)13-20(24-25)15-4-6-17(22)7-5-15/h2-14H,1H3. The minimum Gasteiger partial charge on any atom is -0.497 e. The van der Waals surface area contributed by atoms with Crippen molar-refractivity contribution in [3.05, 3.63) is 84.9 Å². The van der Waals surface area contributed by atoms with Crippen molar-refractivity contribution in [2.75, 3.05) is 7.11 Å². The van der Waals surface area contributed by atoms with Crippen molar-refractivity contribution in [1.29, 1.82) is 0 Å². The van der Waals surface area contributed by atoms with E-state index in [0.717, 1.165) is 34.0 Å². The fraction of sp³-hybridized carbons (Fsp3) is 0.0476. The smallest absolute Gasteiger partial charge is 0.123 e. The minimum atomic E-state index is -0.268. The zero-order chi connectivity index (χ0) is 17.9. The third-order valence-corrected chi connectivity index (χ3v) is 4.12. The molecule has 2 heterocycles. The van der Waals surface area contributed by atoms with Gasteiger partial charge in [-0.1, -0.05) is 0 Å². The molecule has 0 spiro atoms. The normalized spacial score (nSPS) is 10.7. The Bertz CT molecular complexity index is 1010. The third kappa shape index (κ3) is 3.07. The lowest BCUT2D eigenvalue weighted by atomic mass is 10.1. The summed E-state index contributed by atoms with van der Waals surface area (Å²) in [6, 6.07) is 19.8. The lowest BCUT2D eigenvalue weighted by Gasteiger charge is -2.08.